The fourth-order valence-corrected chi connectivity index (χ4v) is 1.99. The van der Waals surface area contributed by atoms with Crippen molar-refractivity contribution in [3.05, 3.63) is 18.0 Å². The SMILES string of the molecule is CC(O)CC(C)(C)Cc1cnn(C)c1. The minimum Gasteiger partial charge on any atom is -0.393 e. The molecule has 80 valence electrons. The molecule has 0 aliphatic rings. The Morgan fingerprint density at radius 1 is 1.57 bits per heavy atom. The second kappa shape index (κ2) is 4.13. The van der Waals surface area contributed by atoms with Crippen LogP contribution in [0.3, 0.4) is 0 Å². The molecule has 0 aliphatic heterocycles. The Balaban J connectivity index is 2.58. The van der Waals surface area contributed by atoms with Crippen molar-refractivity contribution in [2.75, 3.05) is 0 Å². The number of aryl methyl sites for hydroxylation is 1. The van der Waals surface area contributed by atoms with Crippen molar-refractivity contribution >= 4 is 0 Å². The molecule has 0 aromatic carbocycles. The maximum absolute atomic E-state index is 9.35. The molecule has 0 bridgehead atoms. The van der Waals surface area contributed by atoms with Crippen LogP contribution in [0.5, 0.6) is 0 Å². The lowest BCUT2D eigenvalue weighted by Crippen LogP contribution is -2.20. The highest BCUT2D eigenvalue weighted by atomic mass is 16.3. The Morgan fingerprint density at radius 3 is 2.64 bits per heavy atom. The molecular weight excluding hydrogens is 176 g/mol. The van der Waals surface area contributed by atoms with Crippen LogP contribution in [0, 0.1) is 5.41 Å². The van der Waals surface area contributed by atoms with Crippen molar-refractivity contribution in [2.24, 2.45) is 12.5 Å². The van der Waals surface area contributed by atoms with E-state index in [-0.39, 0.29) is 11.5 Å². The van der Waals surface area contributed by atoms with E-state index >= 15 is 0 Å². The molecule has 1 aromatic rings. The normalized spacial score (nSPS) is 14.4. The zero-order valence-electron chi connectivity index (χ0n) is 9.49. The smallest absolute Gasteiger partial charge is 0.0521 e. The number of aliphatic hydroxyl groups excluding tert-OH is 1. The number of nitrogens with zero attached hydrogens (tertiary/aromatic N) is 2. The number of aliphatic hydroxyl groups is 1. The van der Waals surface area contributed by atoms with E-state index in [9.17, 15) is 5.11 Å². The standard InChI is InChI=1S/C11H20N2O/c1-9(14)5-11(2,3)6-10-7-12-13(4)8-10/h7-9,14H,5-6H2,1-4H3. The average molecular weight is 196 g/mol. The fraction of sp³-hybridized carbons (Fsp3) is 0.727. The van der Waals surface area contributed by atoms with Crippen LogP contribution in [0.1, 0.15) is 32.8 Å². The van der Waals surface area contributed by atoms with Gasteiger partial charge in [-0.15, -0.1) is 0 Å². The third-order valence-corrected chi connectivity index (χ3v) is 2.29. The maximum Gasteiger partial charge on any atom is 0.0521 e. The average Bonchev–Trinajstić information content (AvgIpc) is 2.30. The molecule has 0 radical (unpaired) electrons. The van der Waals surface area contributed by atoms with Crippen LogP contribution in [0.2, 0.25) is 0 Å². The summed E-state index contributed by atoms with van der Waals surface area (Å²) in [5.41, 5.74) is 1.37. The van der Waals surface area contributed by atoms with E-state index in [0.717, 1.165) is 12.8 Å². The van der Waals surface area contributed by atoms with Crippen molar-refractivity contribution < 1.29 is 5.11 Å². The molecule has 1 heterocycles. The lowest BCUT2D eigenvalue weighted by atomic mass is 9.82. The molecule has 1 atom stereocenters. The van der Waals surface area contributed by atoms with Crippen LogP contribution < -0.4 is 0 Å². The van der Waals surface area contributed by atoms with E-state index < -0.39 is 0 Å². The van der Waals surface area contributed by atoms with Gasteiger partial charge >= 0.3 is 0 Å². The zero-order valence-corrected chi connectivity index (χ0v) is 9.49. The van der Waals surface area contributed by atoms with Crippen molar-refractivity contribution in [1.29, 1.82) is 0 Å². The highest BCUT2D eigenvalue weighted by molar-refractivity contribution is 5.06. The Labute approximate surface area is 85.8 Å². The lowest BCUT2D eigenvalue weighted by molar-refractivity contribution is 0.129. The summed E-state index contributed by atoms with van der Waals surface area (Å²) in [5, 5.41) is 13.5. The summed E-state index contributed by atoms with van der Waals surface area (Å²) in [6.07, 6.45) is 5.47. The van der Waals surface area contributed by atoms with Gasteiger partial charge < -0.3 is 5.11 Å². The van der Waals surface area contributed by atoms with Crippen molar-refractivity contribution in [1.82, 2.24) is 9.78 Å². The fourth-order valence-electron chi connectivity index (χ4n) is 1.99. The molecule has 0 fully saturated rings. The number of hydrogen-bond donors (Lipinski definition) is 1. The van der Waals surface area contributed by atoms with Gasteiger partial charge in [0.05, 0.1) is 12.3 Å². The van der Waals surface area contributed by atoms with Crippen molar-refractivity contribution in [3.8, 4) is 0 Å². The Kier molecular flexibility index (Phi) is 3.32. The van der Waals surface area contributed by atoms with Crippen LogP contribution >= 0.6 is 0 Å². The van der Waals surface area contributed by atoms with Crippen LogP contribution in [-0.2, 0) is 13.5 Å². The molecule has 1 unspecified atom stereocenters. The highest BCUT2D eigenvalue weighted by Crippen LogP contribution is 2.27. The van der Waals surface area contributed by atoms with Crippen LogP contribution in [0.15, 0.2) is 12.4 Å². The summed E-state index contributed by atoms with van der Waals surface area (Å²) in [6.45, 7) is 6.18. The van der Waals surface area contributed by atoms with E-state index in [4.69, 9.17) is 0 Å². The van der Waals surface area contributed by atoms with Gasteiger partial charge in [-0.2, -0.15) is 5.10 Å². The second-order valence-electron chi connectivity index (χ2n) is 4.92. The molecule has 0 aliphatic carbocycles. The highest BCUT2D eigenvalue weighted by Gasteiger charge is 2.21. The quantitative estimate of drug-likeness (QED) is 0.797. The first-order chi connectivity index (χ1) is 6.39. The maximum atomic E-state index is 9.35. The van der Waals surface area contributed by atoms with Gasteiger partial charge in [0, 0.05) is 13.2 Å². The molecule has 14 heavy (non-hydrogen) atoms. The summed E-state index contributed by atoms with van der Waals surface area (Å²) in [7, 11) is 1.92. The number of aromatic nitrogens is 2. The molecular formula is C11H20N2O. The molecule has 3 heteroatoms. The first-order valence-corrected chi connectivity index (χ1v) is 5.05. The monoisotopic (exact) mass is 196 g/mol. The van der Waals surface area contributed by atoms with Crippen LogP contribution in [0.4, 0.5) is 0 Å². The Hall–Kier alpha value is -0.830. The summed E-state index contributed by atoms with van der Waals surface area (Å²) < 4.78 is 1.81. The molecule has 0 spiro atoms. The predicted molar refractivity (Wildman–Crippen MR) is 57.0 cm³/mol. The summed E-state index contributed by atoms with van der Waals surface area (Å²) >= 11 is 0. The van der Waals surface area contributed by atoms with E-state index in [1.807, 2.05) is 31.0 Å². The van der Waals surface area contributed by atoms with Gasteiger partial charge in [-0.1, -0.05) is 13.8 Å². The van der Waals surface area contributed by atoms with Crippen molar-refractivity contribution in [2.45, 2.75) is 39.7 Å². The third kappa shape index (κ3) is 3.50. The second-order valence-corrected chi connectivity index (χ2v) is 4.92. The van der Waals surface area contributed by atoms with Gasteiger partial charge in [-0.25, -0.2) is 0 Å². The van der Waals surface area contributed by atoms with Gasteiger partial charge in [0.2, 0.25) is 0 Å². The molecule has 1 rings (SSSR count). The Morgan fingerprint density at radius 2 is 2.21 bits per heavy atom. The largest absolute Gasteiger partial charge is 0.393 e. The van der Waals surface area contributed by atoms with E-state index in [2.05, 4.69) is 18.9 Å². The molecule has 1 aromatic heterocycles. The number of rotatable bonds is 4. The van der Waals surface area contributed by atoms with Crippen molar-refractivity contribution in [3.63, 3.8) is 0 Å². The van der Waals surface area contributed by atoms with Gasteiger partial charge in [-0.3, -0.25) is 4.68 Å². The Bertz CT molecular complexity index is 289. The van der Waals surface area contributed by atoms with E-state index in [0.29, 0.717) is 0 Å². The van der Waals surface area contributed by atoms with E-state index in [1.165, 1.54) is 5.56 Å². The molecule has 0 amide bonds. The predicted octanol–water partition coefficient (Wildman–Crippen LogP) is 1.76. The summed E-state index contributed by atoms with van der Waals surface area (Å²) in [6, 6.07) is 0. The summed E-state index contributed by atoms with van der Waals surface area (Å²) in [4.78, 5) is 0. The van der Waals surface area contributed by atoms with Crippen LogP contribution in [-0.4, -0.2) is 21.0 Å². The zero-order chi connectivity index (χ0) is 10.8. The van der Waals surface area contributed by atoms with Gasteiger partial charge in [0.15, 0.2) is 0 Å². The summed E-state index contributed by atoms with van der Waals surface area (Å²) in [5.74, 6) is 0. The molecule has 3 nitrogen and oxygen atoms in total. The first kappa shape index (κ1) is 11.2. The van der Waals surface area contributed by atoms with Gasteiger partial charge in [0.25, 0.3) is 0 Å². The molecule has 0 saturated heterocycles. The minimum atomic E-state index is -0.235. The topological polar surface area (TPSA) is 38.1 Å². The number of hydrogen-bond acceptors (Lipinski definition) is 2. The van der Waals surface area contributed by atoms with Crippen LogP contribution in [0.25, 0.3) is 0 Å². The van der Waals surface area contributed by atoms with Gasteiger partial charge in [-0.05, 0) is 30.7 Å². The minimum absolute atomic E-state index is 0.136. The van der Waals surface area contributed by atoms with Gasteiger partial charge in [0.1, 0.15) is 0 Å². The molecule has 1 N–H and O–H groups in total. The third-order valence-electron chi connectivity index (χ3n) is 2.29. The lowest BCUT2D eigenvalue weighted by Gasteiger charge is -2.25. The first-order valence-electron chi connectivity index (χ1n) is 5.05. The van der Waals surface area contributed by atoms with E-state index in [1.54, 1.807) is 0 Å². The molecule has 0 saturated carbocycles.